The second kappa shape index (κ2) is 24.6. The zero-order chi connectivity index (χ0) is 21.3. The molecule has 0 amide bonds. The second-order valence-corrected chi connectivity index (χ2v) is 5.73. The van der Waals surface area contributed by atoms with Gasteiger partial charge in [-0.3, -0.25) is 9.11 Å². The highest BCUT2D eigenvalue weighted by Gasteiger charge is 1.94. The highest BCUT2D eigenvalue weighted by atomic mass is 32.3. The molecule has 13 heteroatoms. The van der Waals surface area contributed by atoms with E-state index in [4.69, 9.17) is 55.8 Å². The normalized spacial score (nSPS) is 11.3. The number of hydrogen-bond acceptors (Lipinski definition) is 10. The first kappa shape index (κ1) is 29.7. The van der Waals surface area contributed by atoms with E-state index in [2.05, 4.69) is 0 Å². The van der Waals surface area contributed by atoms with Crippen LogP contribution in [-0.2, 0) is 43.6 Å². The number of hydrogen-bond donors (Lipinski definition) is 3. The number of rotatable bonds is 20. The van der Waals surface area contributed by atoms with Gasteiger partial charge in [-0.05, 0) is 0 Å². The molecule has 0 fully saturated rings. The standard InChI is InChI=1S/C15H32O8.H2O4S/c1-17-4-5-19-8-9-21-12-13-23-15-14-22-11-10-20-7-6-18-3-2-16;1-5(2,3)4/h16H,2-15H2,1H3;(H2,1,2,3,4). The maximum absolute atomic E-state index is 8.74. The predicted octanol–water partition coefficient (Wildman–Crippen LogP) is -0.928. The Morgan fingerprint density at radius 2 is 0.750 bits per heavy atom. The smallest absolute Gasteiger partial charge is 0.394 e. The van der Waals surface area contributed by atoms with Crippen LogP contribution in [0.25, 0.3) is 0 Å². The fourth-order valence-corrected chi connectivity index (χ4v) is 1.41. The van der Waals surface area contributed by atoms with E-state index in [-0.39, 0.29) is 6.61 Å². The molecule has 0 aromatic rings. The van der Waals surface area contributed by atoms with Gasteiger partial charge in [0.1, 0.15) is 0 Å². The topological polar surface area (TPSA) is 159 Å². The highest BCUT2D eigenvalue weighted by Crippen LogP contribution is 1.84. The van der Waals surface area contributed by atoms with Crippen LogP contribution in [0.15, 0.2) is 0 Å². The van der Waals surface area contributed by atoms with Gasteiger partial charge in [0.25, 0.3) is 0 Å². The van der Waals surface area contributed by atoms with Gasteiger partial charge in [-0.25, -0.2) is 0 Å². The third-order valence-corrected chi connectivity index (χ3v) is 2.53. The SMILES string of the molecule is COCCOCCOCCOCCOCCOCCOCCO.O=S(=O)(O)O. The summed E-state index contributed by atoms with van der Waals surface area (Å²) in [5, 5.41) is 8.49. The fourth-order valence-electron chi connectivity index (χ4n) is 1.41. The summed E-state index contributed by atoms with van der Waals surface area (Å²) in [6, 6.07) is 0. The van der Waals surface area contributed by atoms with Crippen LogP contribution in [0.3, 0.4) is 0 Å². The third-order valence-electron chi connectivity index (χ3n) is 2.53. The van der Waals surface area contributed by atoms with Crippen molar-refractivity contribution < 1.29 is 55.8 Å². The van der Waals surface area contributed by atoms with Gasteiger partial charge in [-0.15, -0.1) is 0 Å². The molecule has 12 nitrogen and oxygen atoms in total. The van der Waals surface area contributed by atoms with Crippen molar-refractivity contribution >= 4 is 10.4 Å². The summed E-state index contributed by atoms with van der Waals surface area (Å²) >= 11 is 0. The van der Waals surface area contributed by atoms with E-state index in [0.717, 1.165) is 0 Å². The van der Waals surface area contributed by atoms with Gasteiger partial charge in [0, 0.05) is 7.11 Å². The summed E-state index contributed by atoms with van der Waals surface area (Å²) in [6.45, 7) is 6.90. The average Bonchev–Trinajstić information content (AvgIpc) is 2.62. The Balaban J connectivity index is 0. The molecule has 0 heterocycles. The minimum absolute atomic E-state index is 0.0380. The monoisotopic (exact) mass is 438 g/mol. The molecule has 0 aliphatic heterocycles. The summed E-state index contributed by atoms with van der Waals surface area (Å²) in [5.41, 5.74) is 0. The molecule has 0 aliphatic rings. The van der Waals surface area contributed by atoms with Crippen molar-refractivity contribution in [3.63, 3.8) is 0 Å². The molecule has 0 aromatic carbocycles. The van der Waals surface area contributed by atoms with Crippen molar-refractivity contribution in [2.75, 3.05) is 99.6 Å². The number of aliphatic hydroxyl groups is 1. The van der Waals surface area contributed by atoms with Crippen molar-refractivity contribution in [2.24, 2.45) is 0 Å². The maximum atomic E-state index is 8.74. The maximum Gasteiger partial charge on any atom is 0.394 e. The Kier molecular flexibility index (Phi) is 26.1. The first-order valence-corrected chi connectivity index (χ1v) is 10.1. The van der Waals surface area contributed by atoms with Crippen molar-refractivity contribution in [3.05, 3.63) is 0 Å². The van der Waals surface area contributed by atoms with Crippen molar-refractivity contribution in [1.82, 2.24) is 0 Å². The minimum atomic E-state index is -4.67. The van der Waals surface area contributed by atoms with Crippen LogP contribution < -0.4 is 0 Å². The Morgan fingerprint density at radius 1 is 0.536 bits per heavy atom. The van der Waals surface area contributed by atoms with E-state index in [0.29, 0.717) is 85.9 Å². The third kappa shape index (κ3) is 40.3. The first-order valence-electron chi connectivity index (χ1n) is 8.68. The lowest BCUT2D eigenvalue weighted by Crippen LogP contribution is -2.14. The molecule has 0 bridgehead atoms. The Hall–Kier alpha value is -0.450. The molecule has 0 unspecified atom stereocenters. The van der Waals surface area contributed by atoms with Crippen LogP contribution in [0.5, 0.6) is 0 Å². The van der Waals surface area contributed by atoms with E-state index in [1.165, 1.54) is 0 Å². The average molecular weight is 438 g/mol. The first-order chi connectivity index (χ1) is 13.4. The van der Waals surface area contributed by atoms with Crippen LogP contribution in [0.1, 0.15) is 0 Å². The van der Waals surface area contributed by atoms with Crippen molar-refractivity contribution in [2.45, 2.75) is 0 Å². The Bertz CT molecular complexity index is 351. The molecule has 3 N–H and O–H groups in total. The molecule has 0 saturated heterocycles. The van der Waals surface area contributed by atoms with Crippen LogP contribution in [0.2, 0.25) is 0 Å². The zero-order valence-corrected chi connectivity index (χ0v) is 17.1. The zero-order valence-electron chi connectivity index (χ0n) is 16.3. The van der Waals surface area contributed by atoms with Crippen molar-refractivity contribution in [3.8, 4) is 0 Å². The lowest BCUT2D eigenvalue weighted by Gasteiger charge is -2.08. The van der Waals surface area contributed by atoms with Crippen LogP contribution in [-0.4, -0.2) is 122 Å². The molecular formula is C15H34O12S. The molecule has 0 aromatic heterocycles. The quantitative estimate of drug-likeness (QED) is 0.159. The fraction of sp³-hybridized carbons (Fsp3) is 1.00. The van der Waals surface area contributed by atoms with Gasteiger partial charge in [0.05, 0.1) is 92.5 Å². The van der Waals surface area contributed by atoms with E-state index < -0.39 is 10.4 Å². The molecule has 0 atom stereocenters. The van der Waals surface area contributed by atoms with Crippen LogP contribution in [0, 0.1) is 0 Å². The largest absolute Gasteiger partial charge is 0.394 e. The number of methoxy groups -OCH3 is 1. The van der Waals surface area contributed by atoms with Crippen LogP contribution in [0.4, 0.5) is 0 Å². The summed E-state index contributed by atoms with van der Waals surface area (Å²) in [5.74, 6) is 0. The highest BCUT2D eigenvalue weighted by molar-refractivity contribution is 7.79. The van der Waals surface area contributed by atoms with Gasteiger partial charge in [0.15, 0.2) is 0 Å². The van der Waals surface area contributed by atoms with E-state index >= 15 is 0 Å². The van der Waals surface area contributed by atoms with E-state index in [9.17, 15) is 0 Å². The van der Waals surface area contributed by atoms with Crippen molar-refractivity contribution in [1.29, 1.82) is 0 Å². The molecular weight excluding hydrogens is 404 g/mol. The molecule has 0 radical (unpaired) electrons. The molecule has 0 saturated carbocycles. The lowest BCUT2D eigenvalue weighted by atomic mass is 10.6. The summed E-state index contributed by atoms with van der Waals surface area (Å²) in [7, 11) is -3.02. The van der Waals surface area contributed by atoms with Gasteiger partial charge in [0.2, 0.25) is 0 Å². The van der Waals surface area contributed by atoms with E-state index in [1.807, 2.05) is 0 Å². The Labute approximate surface area is 166 Å². The predicted molar refractivity (Wildman–Crippen MR) is 98.1 cm³/mol. The van der Waals surface area contributed by atoms with Gasteiger partial charge < -0.3 is 38.3 Å². The number of aliphatic hydroxyl groups excluding tert-OH is 1. The molecule has 0 aliphatic carbocycles. The van der Waals surface area contributed by atoms with Gasteiger partial charge in [-0.1, -0.05) is 0 Å². The minimum Gasteiger partial charge on any atom is -0.394 e. The summed E-state index contributed by atoms with van der Waals surface area (Å²) in [4.78, 5) is 0. The summed E-state index contributed by atoms with van der Waals surface area (Å²) in [6.07, 6.45) is 0. The molecule has 172 valence electrons. The van der Waals surface area contributed by atoms with Gasteiger partial charge in [-0.2, -0.15) is 8.42 Å². The number of ether oxygens (including phenoxy) is 7. The second-order valence-electron chi connectivity index (χ2n) is 4.84. The van der Waals surface area contributed by atoms with Crippen LogP contribution >= 0.6 is 0 Å². The molecule has 0 spiro atoms. The molecule has 0 rings (SSSR count). The van der Waals surface area contributed by atoms with E-state index in [1.54, 1.807) is 7.11 Å². The molecule has 28 heavy (non-hydrogen) atoms. The lowest BCUT2D eigenvalue weighted by molar-refractivity contribution is -0.0202. The summed E-state index contributed by atoms with van der Waals surface area (Å²) < 4.78 is 68.0. The Morgan fingerprint density at radius 3 is 0.964 bits per heavy atom. The van der Waals surface area contributed by atoms with Gasteiger partial charge >= 0.3 is 10.4 Å².